The van der Waals surface area contributed by atoms with E-state index in [4.69, 9.17) is 9.52 Å². The van der Waals surface area contributed by atoms with Crippen molar-refractivity contribution in [2.24, 2.45) is 0 Å². The molecule has 2 aromatic rings. The van der Waals surface area contributed by atoms with Crippen LogP contribution in [0.2, 0.25) is 0 Å². The van der Waals surface area contributed by atoms with E-state index in [0.29, 0.717) is 5.82 Å². The molecule has 1 unspecified atom stereocenters. The van der Waals surface area contributed by atoms with Crippen molar-refractivity contribution < 1.29 is 14.3 Å². The topological polar surface area (TPSA) is 88.2 Å². The summed E-state index contributed by atoms with van der Waals surface area (Å²) in [4.78, 5) is 18.4. The van der Waals surface area contributed by atoms with E-state index >= 15 is 0 Å². The van der Waals surface area contributed by atoms with Gasteiger partial charge in [0.25, 0.3) is 0 Å². The minimum Gasteiger partial charge on any atom is -0.476 e. The predicted octanol–water partition coefficient (Wildman–Crippen LogP) is 1.94. The van der Waals surface area contributed by atoms with E-state index in [1.165, 1.54) is 12.4 Å². The third-order valence-corrected chi connectivity index (χ3v) is 2.19. The first kappa shape index (κ1) is 11.1. The third-order valence-electron chi connectivity index (χ3n) is 2.19. The van der Waals surface area contributed by atoms with Crippen molar-refractivity contribution in [3.05, 3.63) is 42.2 Å². The summed E-state index contributed by atoms with van der Waals surface area (Å²) in [5.41, 5.74) is -0.0957. The first-order chi connectivity index (χ1) is 8.16. The Balaban J connectivity index is 2.13. The average Bonchev–Trinajstić information content (AvgIpc) is 2.82. The summed E-state index contributed by atoms with van der Waals surface area (Å²) in [6, 6.07) is 3.50. The molecule has 2 rings (SSSR count). The zero-order valence-corrected chi connectivity index (χ0v) is 9.12. The Kier molecular flexibility index (Phi) is 3.04. The number of hydrogen-bond donors (Lipinski definition) is 2. The number of rotatable bonds is 4. The van der Waals surface area contributed by atoms with Crippen LogP contribution in [-0.2, 0) is 0 Å². The molecule has 0 spiro atoms. The molecule has 0 amide bonds. The Labute approximate surface area is 97.3 Å². The number of nitrogens with zero attached hydrogens (tertiary/aromatic N) is 2. The maximum atomic E-state index is 10.7. The third kappa shape index (κ3) is 2.60. The van der Waals surface area contributed by atoms with Crippen molar-refractivity contribution in [2.45, 2.75) is 13.0 Å². The van der Waals surface area contributed by atoms with Crippen LogP contribution >= 0.6 is 0 Å². The molecule has 0 aliphatic heterocycles. The van der Waals surface area contributed by atoms with Crippen LogP contribution in [0.4, 0.5) is 5.82 Å². The molecule has 0 aliphatic carbocycles. The van der Waals surface area contributed by atoms with Gasteiger partial charge in [-0.1, -0.05) is 0 Å². The number of aromatic carboxylic acids is 1. The number of hydrogen-bond acceptors (Lipinski definition) is 5. The molecule has 0 bridgehead atoms. The lowest BCUT2D eigenvalue weighted by Gasteiger charge is -2.11. The number of carbonyl (C=O) groups is 1. The molecule has 1 atom stereocenters. The van der Waals surface area contributed by atoms with Crippen LogP contribution in [0.15, 0.2) is 35.2 Å². The van der Waals surface area contributed by atoms with Gasteiger partial charge in [0, 0.05) is 0 Å². The van der Waals surface area contributed by atoms with Gasteiger partial charge in [-0.05, 0) is 19.1 Å². The van der Waals surface area contributed by atoms with Gasteiger partial charge < -0.3 is 14.8 Å². The van der Waals surface area contributed by atoms with E-state index in [1.54, 1.807) is 12.3 Å². The van der Waals surface area contributed by atoms with Crippen LogP contribution < -0.4 is 5.32 Å². The summed E-state index contributed by atoms with van der Waals surface area (Å²) in [7, 11) is 0. The molecule has 88 valence electrons. The Morgan fingerprint density at radius 2 is 2.35 bits per heavy atom. The van der Waals surface area contributed by atoms with Crippen LogP contribution in [0, 0.1) is 0 Å². The van der Waals surface area contributed by atoms with Gasteiger partial charge in [-0.25, -0.2) is 9.78 Å². The first-order valence-corrected chi connectivity index (χ1v) is 5.02. The van der Waals surface area contributed by atoms with E-state index in [1.807, 2.05) is 13.0 Å². The number of furan rings is 1. The SMILES string of the molecule is CC(Nc1cncc(C(=O)O)n1)c1ccco1. The Morgan fingerprint density at radius 3 is 3.00 bits per heavy atom. The number of anilines is 1. The summed E-state index contributed by atoms with van der Waals surface area (Å²) in [5.74, 6) is 0.0353. The number of carboxylic acid groups (broad SMARTS) is 1. The standard InChI is InChI=1S/C11H11N3O3/c1-7(9-3-2-4-17-9)13-10-6-12-5-8(14-10)11(15)16/h2-7H,1H3,(H,13,14)(H,15,16). The van der Waals surface area contributed by atoms with E-state index in [9.17, 15) is 4.79 Å². The molecule has 0 aliphatic rings. The van der Waals surface area contributed by atoms with Crippen molar-refractivity contribution in [2.75, 3.05) is 5.32 Å². The van der Waals surface area contributed by atoms with Gasteiger partial charge in [-0.15, -0.1) is 0 Å². The maximum absolute atomic E-state index is 10.7. The zero-order chi connectivity index (χ0) is 12.3. The normalized spacial score (nSPS) is 12.1. The lowest BCUT2D eigenvalue weighted by molar-refractivity contribution is 0.0690. The second kappa shape index (κ2) is 4.65. The largest absolute Gasteiger partial charge is 0.476 e. The highest BCUT2D eigenvalue weighted by Gasteiger charge is 2.11. The smallest absolute Gasteiger partial charge is 0.356 e. The molecule has 17 heavy (non-hydrogen) atoms. The highest BCUT2D eigenvalue weighted by molar-refractivity contribution is 5.85. The molecule has 2 aromatic heterocycles. The molecule has 0 saturated heterocycles. The van der Waals surface area contributed by atoms with Gasteiger partial charge in [-0.2, -0.15) is 0 Å². The number of nitrogens with one attached hydrogen (secondary N) is 1. The molecule has 0 radical (unpaired) electrons. The summed E-state index contributed by atoms with van der Waals surface area (Å²) in [5, 5.41) is 11.8. The molecule has 6 nitrogen and oxygen atoms in total. The molecule has 2 heterocycles. The number of carboxylic acids is 1. The molecule has 0 aromatic carbocycles. The Bertz CT molecular complexity index is 510. The maximum Gasteiger partial charge on any atom is 0.356 e. The summed E-state index contributed by atoms with van der Waals surface area (Å²) < 4.78 is 5.22. The van der Waals surface area contributed by atoms with E-state index in [2.05, 4.69) is 15.3 Å². The number of aromatic nitrogens is 2. The minimum absolute atomic E-state index is 0.0957. The van der Waals surface area contributed by atoms with E-state index < -0.39 is 5.97 Å². The Hall–Kier alpha value is -2.37. The molecule has 2 N–H and O–H groups in total. The van der Waals surface area contributed by atoms with Crippen LogP contribution in [0.25, 0.3) is 0 Å². The summed E-state index contributed by atoms with van der Waals surface area (Å²) in [6.45, 7) is 1.88. The van der Waals surface area contributed by atoms with Crippen molar-refractivity contribution in [1.82, 2.24) is 9.97 Å². The first-order valence-electron chi connectivity index (χ1n) is 5.02. The monoisotopic (exact) mass is 233 g/mol. The summed E-state index contributed by atoms with van der Waals surface area (Å²) >= 11 is 0. The van der Waals surface area contributed by atoms with Crippen LogP contribution in [0.1, 0.15) is 29.2 Å². The fourth-order valence-corrected chi connectivity index (χ4v) is 1.37. The highest BCUT2D eigenvalue weighted by Crippen LogP contribution is 2.17. The van der Waals surface area contributed by atoms with Gasteiger partial charge in [0.15, 0.2) is 5.69 Å². The van der Waals surface area contributed by atoms with Crippen LogP contribution in [0.3, 0.4) is 0 Å². The van der Waals surface area contributed by atoms with Gasteiger partial charge in [0.2, 0.25) is 0 Å². The highest BCUT2D eigenvalue weighted by atomic mass is 16.4. The van der Waals surface area contributed by atoms with Crippen molar-refractivity contribution in [3.63, 3.8) is 0 Å². The Morgan fingerprint density at radius 1 is 1.53 bits per heavy atom. The fourth-order valence-electron chi connectivity index (χ4n) is 1.37. The average molecular weight is 233 g/mol. The fraction of sp³-hybridized carbons (Fsp3) is 0.182. The molecule has 6 heteroatoms. The molecule has 0 fully saturated rings. The zero-order valence-electron chi connectivity index (χ0n) is 9.12. The van der Waals surface area contributed by atoms with Gasteiger partial charge >= 0.3 is 5.97 Å². The van der Waals surface area contributed by atoms with Gasteiger partial charge in [0.1, 0.15) is 11.6 Å². The second-order valence-electron chi connectivity index (χ2n) is 3.48. The predicted molar refractivity (Wildman–Crippen MR) is 59.7 cm³/mol. The summed E-state index contributed by atoms with van der Waals surface area (Å²) in [6.07, 6.45) is 4.24. The molecular weight excluding hydrogens is 222 g/mol. The lowest BCUT2D eigenvalue weighted by Crippen LogP contribution is -2.10. The van der Waals surface area contributed by atoms with Gasteiger partial charge in [0.05, 0.1) is 24.7 Å². The van der Waals surface area contributed by atoms with Crippen LogP contribution in [-0.4, -0.2) is 21.0 Å². The second-order valence-corrected chi connectivity index (χ2v) is 3.48. The lowest BCUT2D eigenvalue weighted by atomic mass is 10.2. The van der Waals surface area contributed by atoms with Crippen molar-refractivity contribution in [1.29, 1.82) is 0 Å². The minimum atomic E-state index is -1.10. The van der Waals surface area contributed by atoms with Crippen molar-refractivity contribution >= 4 is 11.8 Å². The van der Waals surface area contributed by atoms with Gasteiger partial charge in [-0.3, -0.25) is 4.98 Å². The molecule has 0 saturated carbocycles. The molecular formula is C11H11N3O3. The van der Waals surface area contributed by atoms with E-state index in [-0.39, 0.29) is 11.7 Å². The van der Waals surface area contributed by atoms with Crippen LogP contribution in [0.5, 0.6) is 0 Å². The van der Waals surface area contributed by atoms with Crippen molar-refractivity contribution in [3.8, 4) is 0 Å². The quantitative estimate of drug-likeness (QED) is 0.838. The van der Waals surface area contributed by atoms with E-state index in [0.717, 1.165) is 5.76 Å².